The van der Waals surface area contributed by atoms with Crippen LogP contribution in [0, 0.1) is 5.92 Å². The Morgan fingerprint density at radius 2 is 1.81 bits per heavy atom. The number of hydrogen-bond donors (Lipinski definition) is 1. The first-order chi connectivity index (χ1) is 14.6. The molecule has 2 aromatic carbocycles. The van der Waals surface area contributed by atoms with E-state index in [2.05, 4.69) is 41.4 Å². The van der Waals surface area contributed by atoms with Crippen molar-refractivity contribution in [2.45, 2.75) is 29.6 Å². The zero-order valence-corrected chi connectivity index (χ0v) is 21.9. The quantitative estimate of drug-likeness (QED) is 0.157. The van der Waals surface area contributed by atoms with Crippen molar-refractivity contribution >= 4 is 51.5 Å². The molecule has 5 nitrogen and oxygen atoms in total. The SMILES string of the molecule is CCNC(=NCCCS(=O)(=O)c1ccccc1)N1CCC(CSc2ccccc2)C1.I. The lowest BCUT2D eigenvalue weighted by atomic mass is 10.2. The van der Waals surface area contributed by atoms with Crippen molar-refractivity contribution in [3.8, 4) is 0 Å². The van der Waals surface area contributed by atoms with Crippen molar-refractivity contribution in [3.63, 3.8) is 0 Å². The minimum atomic E-state index is -3.24. The maximum absolute atomic E-state index is 12.4. The molecule has 0 aliphatic carbocycles. The van der Waals surface area contributed by atoms with Crippen LogP contribution in [0.4, 0.5) is 0 Å². The maximum atomic E-state index is 12.4. The van der Waals surface area contributed by atoms with Gasteiger partial charge in [0.2, 0.25) is 0 Å². The number of thioether (sulfide) groups is 1. The summed E-state index contributed by atoms with van der Waals surface area (Å²) < 4.78 is 24.8. The molecule has 0 aromatic heterocycles. The van der Waals surface area contributed by atoms with Gasteiger partial charge in [-0.25, -0.2) is 8.42 Å². The summed E-state index contributed by atoms with van der Waals surface area (Å²) in [5.41, 5.74) is 0. The molecule has 170 valence electrons. The average molecular weight is 574 g/mol. The maximum Gasteiger partial charge on any atom is 0.193 e. The summed E-state index contributed by atoms with van der Waals surface area (Å²) >= 11 is 1.91. The van der Waals surface area contributed by atoms with Crippen LogP contribution < -0.4 is 5.32 Å². The number of benzene rings is 2. The molecule has 8 heteroatoms. The van der Waals surface area contributed by atoms with E-state index < -0.39 is 9.84 Å². The van der Waals surface area contributed by atoms with Crippen LogP contribution in [0.1, 0.15) is 19.8 Å². The Labute approximate surface area is 208 Å². The second kappa shape index (κ2) is 13.3. The van der Waals surface area contributed by atoms with Gasteiger partial charge >= 0.3 is 0 Å². The summed E-state index contributed by atoms with van der Waals surface area (Å²) in [6.07, 6.45) is 1.68. The van der Waals surface area contributed by atoms with Crippen molar-refractivity contribution in [2.75, 3.05) is 37.7 Å². The number of halogens is 1. The second-order valence-electron chi connectivity index (χ2n) is 7.45. The van der Waals surface area contributed by atoms with Gasteiger partial charge in [0, 0.05) is 36.8 Å². The highest BCUT2D eigenvalue weighted by Crippen LogP contribution is 2.25. The lowest BCUT2D eigenvalue weighted by molar-refractivity contribution is 0.474. The van der Waals surface area contributed by atoms with Crippen LogP contribution >= 0.6 is 35.7 Å². The molecule has 1 aliphatic heterocycles. The molecule has 0 amide bonds. The molecular formula is C23H32IN3O2S2. The molecule has 0 bridgehead atoms. The topological polar surface area (TPSA) is 61.8 Å². The van der Waals surface area contributed by atoms with Gasteiger partial charge in [-0.2, -0.15) is 0 Å². The molecule has 1 fully saturated rings. The van der Waals surface area contributed by atoms with Crippen molar-refractivity contribution in [2.24, 2.45) is 10.9 Å². The summed E-state index contributed by atoms with van der Waals surface area (Å²) in [4.78, 5) is 8.72. The molecule has 3 rings (SSSR count). The monoisotopic (exact) mass is 573 g/mol. The van der Waals surface area contributed by atoms with E-state index in [9.17, 15) is 8.42 Å². The third kappa shape index (κ3) is 8.31. The number of rotatable bonds is 9. The number of sulfone groups is 1. The molecule has 1 N–H and O–H groups in total. The van der Waals surface area contributed by atoms with Crippen LogP contribution in [-0.2, 0) is 9.84 Å². The first-order valence-corrected chi connectivity index (χ1v) is 13.2. The number of aliphatic imine (C=N–C) groups is 1. The summed E-state index contributed by atoms with van der Waals surface area (Å²) in [6, 6.07) is 19.2. The van der Waals surface area contributed by atoms with Gasteiger partial charge in [0.25, 0.3) is 0 Å². The smallest absolute Gasteiger partial charge is 0.193 e. The van der Waals surface area contributed by atoms with Crippen LogP contribution in [0.15, 0.2) is 75.4 Å². The van der Waals surface area contributed by atoms with E-state index >= 15 is 0 Å². The second-order valence-corrected chi connectivity index (χ2v) is 10.6. The van der Waals surface area contributed by atoms with Crippen molar-refractivity contribution in [3.05, 3.63) is 60.7 Å². The van der Waals surface area contributed by atoms with Crippen molar-refractivity contribution < 1.29 is 8.42 Å². The lowest BCUT2D eigenvalue weighted by Crippen LogP contribution is -2.40. The fraction of sp³-hybridized carbons (Fsp3) is 0.435. The Hall–Kier alpha value is -1.26. The van der Waals surface area contributed by atoms with Gasteiger partial charge in [-0.1, -0.05) is 36.4 Å². The molecule has 0 saturated carbocycles. The van der Waals surface area contributed by atoms with E-state index in [1.807, 2.05) is 23.9 Å². The van der Waals surface area contributed by atoms with Crippen LogP contribution in [0.3, 0.4) is 0 Å². The first kappa shape index (κ1) is 26.0. The number of nitrogens with zero attached hydrogens (tertiary/aromatic N) is 2. The highest BCUT2D eigenvalue weighted by atomic mass is 127. The molecular weight excluding hydrogens is 541 g/mol. The van der Waals surface area contributed by atoms with Crippen LogP contribution in [0.5, 0.6) is 0 Å². The zero-order chi connectivity index (χ0) is 21.2. The molecule has 1 saturated heterocycles. The van der Waals surface area contributed by atoms with Crippen molar-refractivity contribution in [1.29, 1.82) is 0 Å². The molecule has 1 aliphatic rings. The van der Waals surface area contributed by atoms with Gasteiger partial charge in [0.15, 0.2) is 15.8 Å². The summed E-state index contributed by atoms with van der Waals surface area (Å²) in [7, 11) is -3.24. The Morgan fingerprint density at radius 1 is 1.13 bits per heavy atom. The highest BCUT2D eigenvalue weighted by Gasteiger charge is 2.25. The van der Waals surface area contributed by atoms with E-state index in [1.165, 1.54) is 4.90 Å². The van der Waals surface area contributed by atoms with E-state index in [0.29, 0.717) is 23.8 Å². The molecule has 31 heavy (non-hydrogen) atoms. The Morgan fingerprint density at radius 3 is 2.48 bits per heavy atom. The van der Waals surface area contributed by atoms with Gasteiger partial charge < -0.3 is 10.2 Å². The largest absolute Gasteiger partial charge is 0.357 e. The Kier molecular flexibility index (Phi) is 11.2. The summed E-state index contributed by atoms with van der Waals surface area (Å²) in [6.45, 7) is 5.37. The normalized spacial score (nSPS) is 16.7. The van der Waals surface area contributed by atoms with Gasteiger partial charge in [-0.3, -0.25) is 4.99 Å². The number of hydrogen-bond acceptors (Lipinski definition) is 4. The number of nitrogens with one attached hydrogen (secondary N) is 1. The summed E-state index contributed by atoms with van der Waals surface area (Å²) in [5, 5.41) is 3.37. The molecule has 2 aromatic rings. The molecule has 1 unspecified atom stereocenters. The van der Waals surface area contributed by atoms with Crippen molar-refractivity contribution in [1.82, 2.24) is 10.2 Å². The predicted molar refractivity (Wildman–Crippen MR) is 141 cm³/mol. The number of likely N-dealkylation sites (tertiary alicyclic amines) is 1. The van der Waals surface area contributed by atoms with E-state index in [4.69, 9.17) is 4.99 Å². The highest BCUT2D eigenvalue weighted by molar-refractivity contribution is 14.0. The van der Waals surface area contributed by atoms with Gasteiger partial charge in [0.05, 0.1) is 10.6 Å². The Bertz CT molecular complexity index is 909. The third-order valence-corrected chi connectivity index (χ3v) is 8.14. The molecule has 1 atom stereocenters. The van der Waals surface area contributed by atoms with Crippen LogP contribution in [0.2, 0.25) is 0 Å². The number of guanidine groups is 1. The van der Waals surface area contributed by atoms with Gasteiger partial charge in [-0.05, 0) is 49.9 Å². The van der Waals surface area contributed by atoms with Gasteiger partial charge in [-0.15, -0.1) is 35.7 Å². The fourth-order valence-electron chi connectivity index (χ4n) is 3.50. The van der Waals surface area contributed by atoms with Crippen LogP contribution in [0.25, 0.3) is 0 Å². The van der Waals surface area contributed by atoms with Crippen LogP contribution in [-0.4, -0.2) is 57.0 Å². The average Bonchev–Trinajstić information content (AvgIpc) is 3.25. The third-order valence-electron chi connectivity index (χ3n) is 5.08. The first-order valence-electron chi connectivity index (χ1n) is 10.6. The molecule has 0 radical (unpaired) electrons. The van der Waals surface area contributed by atoms with Gasteiger partial charge in [0.1, 0.15) is 0 Å². The van der Waals surface area contributed by atoms with E-state index in [-0.39, 0.29) is 29.7 Å². The molecule has 0 spiro atoms. The summed E-state index contributed by atoms with van der Waals surface area (Å²) in [5.74, 6) is 2.77. The van der Waals surface area contributed by atoms with E-state index in [0.717, 1.165) is 37.8 Å². The zero-order valence-electron chi connectivity index (χ0n) is 17.9. The lowest BCUT2D eigenvalue weighted by Gasteiger charge is -2.21. The minimum Gasteiger partial charge on any atom is -0.357 e. The Balaban J connectivity index is 0.00000341. The molecule has 1 heterocycles. The standard InChI is InChI=1S/C23H31N3O2S2.HI/c1-2-24-23(25-15-9-17-30(27,28)22-12-7-4-8-13-22)26-16-14-20(18-26)19-29-21-10-5-3-6-11-21;/h3-8,10-13,20H,2,9,14-19H2,1H3,(H,24,25);1H. The predicted octanol–water partition coefficient (Wildman–Crippen LogP) is 4.55. The fourth-order valence-corrected chi connectivity index (χ4v) is 5.87. The minimum absolute atomic E-state index is 0. The van der Waals surface area contributed by atoms with E-state index in [1.54, 1.807) is 24.3 Å².